The second-order valence-corrected chi connectivity index (χ2v) is 6.03. The van der Waals surface area contributed by atoms with Gasteiger partial charge in [0.2, 0.25) is 0 Å². The number of nitrogens with zero attached hydrogens (tertiary/aromatic N) is 2. The van der Waals surface area contributed by atoms with E-state index < -0.39 is 0 Å². The molecular weight excluding hydrogens is 240 g/mol. The van der Waals surface area contributed by atoms with Crippen LogP contribution in [0.15, 0.2) is 12.3 Å². The highest BCUT2D eigenvalue weighted by atomic mass is 16.1. The number of nitrogens with one attached hydrogen (secondary N) is 1. The van der Waals surface area contributed by atoms with Gasteiger partial charge in [-0.05, 0) is 32.5 Å². The van der Waals surface area contributed by atoms with Crippen LogP contribution in [-0.2, 0) is 6.54 Å². The number of hydrogen-bond donors (Lipinski definition) is 2. The lowest BCUT2D eigenvalue weighted by Gasteiger charge is -2.28. The Morgan fingerprint density at radius 2 is 2.11 bits per heavy atom. The van der Waals surface area contributed by atoms with Gasteiger partial charge in [0.05, 0.1) is 5.69 Å². The molecule has 108 valence electrons. The van der Waals surface area contributed by atoms with Crippen LogP contribution in [0.5, 0.6) is 0 Å². The number of aryl methyl sites for hydroxylation is 1. The zero-order valence-electron chi connectivity index (χ0n) is 12.7. The number of amides is 1. The fourth-order valence-electron chi connectivity index (χ4n) is 2.31. The topological polar surface area (TPSA) is 63.3 Å². The Morgan fingerprint density at radius 3 is 2.63 bits per heavy atom. The molecule has 0 saturated heterocycles. The maximum Gasteiger partial charge on any atom is 0.268 e. The predicted octanol–water partition coefficient (Wildman–Crippen LogP) is 1.41. The third kappa shape index (κ3) is 4.59. The van der Waals surface area contributed by atoms with Gasteiger partial charge in [-0.25, -0.2) is 0 Å². The molecule has 1 rings (SSSR count). The number of carbonyl (C=O) groups is 1. The lowest BCUT2D eigenvalue weighted by Crippen LogP contribution is -2.40. The van der Waals surface area contributed by atoms with E-state index in [2.05, 4.69) is 24.1 Å². The Kier molecular flexibility index (Phi) is 5.00. The molecule has 1 aromatic heterocycles. The van der Waals surface area contributed by atoms with Crippen molar-refractivity contribution in [3.8, 4) is 0 Å². The first kappa shape index (κ1) is 15.6. The Balaban J connectivity index is 2.65. The highest BCUT2D eigenvalue weighted by Gasteiger charge is 2.21. The van der Waals surface area contributed by atoms with E-state index in [1.54, 1.807) is 12.3 Å². The SMILES string of the molecule is CCn1cc(N)cc1C(=O)NCC(C)(C)CN(C)C. The maximum atomic E-state index is 12.2. The molecule has 0 aromatic carbocycles. The minimum absolute atomic E-state index is 0.0361. The fourth-order valence-corrected chi connectivity index (χ4v) is 2.31. The van der Waals surface area contributed by atoms with Crippen LogP contribution in [0.3, 0.4) is 0 Å². The van der Waals surface area contributed by atoms with Crippen LogP contribution in [0.2, 0.25) is 0 Å². The third-order valence-electron chi connectivity index (χ3n) is 2.96. The number of nitrogen functional groups attached to an aromatic ring is 1. The van der Waals surface area contributed by atoms with Crippen LogP contribution in [0.25, 0.3) is 0 Å². The molecule has 3 N–H and O–H groups in total. The summed E-state index contributed by atoms with van der Waals surface area (Å²) in [5, 5.41) is 2.99. The molecule has 0 unspecified atom stereocenters. The van der Waals surface area contributed by atoms with Crippen molar-refractivity contribution < 1.29 is 4.79 Å². The third-order valence-corrected chi connectivity index (χ3v) is 2.96. The molecular formula is C14H26N4O. The molecule has 0 saturated carbocycles. The van der Waals surface area contributed by atoms with Crippen molar-refractivity contribution in [3.63, 3.8) is 0 Å². The summed E-state index contributed by atoms with van der Waals surface area (Å²) in [6.45, 7) is 8.57. The van der Waals surface area contributed by atoms with Gasteiger partial charge in [0, 0.05) is 25.8 Å². The van der Waals surface area contributed by atoms with Crippen LogP contribution >= 0.6 is 0 Å². The second-order valence-electron chi connectivity index (χ2n) is 6.03. The Hall–Kier alpha value is -1.49. The summed E-state index contributed by atoms with van der Waals surface area (Å²) in [5.74, 6) is -0.0645. The van der Waals surface area contributed by atoms with Crippen LogP contribution in [0.1, 0.15) is 31.3 Å². The number of anilines is 1. The molecule has 1 aromatic rings. The Morgan fingerprint density at radius 1 is 1.47 bits per heavy atom. The monoisotopic (exact) mass is 266 g/mol. The van der Waals surface area contributed by atoms with E-state index in [4.69, 9.17) is 5.73 Å². The summed E-state index contributed by atoms with van der Waals surface area (Å²) in [7, 11) is 4.07. The van der Waals surface area contributed by atoms with Gasteiger partial charge in [-0.15, -0.1) is 0 Å². The first-order valence-corrected chi connectivity index (χ1v) is 6.64. The van der Waals surface area contributed by atoms with Crippen molar-refractivity contribution >= 4 is 11.6 Å². The maximum absolute atomic E-state index is 12.2. The van der Waals surface area contributed by atoms with Gasteiger partial charge in [-0.2, -0.15) is 0 Å². The van der Waals surface area contributed by atoms with Gasteiger partial charge in [0.1, 0.15) is 5.69 Å². The van der Waals surface area contributed by atoms with E-state index in [1.165, 1.54) is 0 Å². The summed E-state index contributed by atoms with van der Waals surface area (Å²) < 4.78 is 1.86. The second kappa shape index (κ2) is 6.10. The van der Waals surface area contributed by atoms with Crippen molar-refractivity contribution in [2.24, 2.45) is 5.41 Å². The van der Waals surface area contributed by atoms with E-state index in [0.29, 0.717) is 17.9 Å². The molecule has 1 amide bonds. The van der Waals surface area contributed by atoms with Gasteiger partial charge >= 0.3 is 0 Å². The summed E-state index contributed by atoms with van der Waals surface area (Å²) in [5.41, 5.74) is 7.02. The molecule has 0 aliphatic carbocycles. The van der Waals surface area contributed by atoms with E-state index in [9.17, 15) is 4.79 Å². The fraction of sp³-hybridized carbons (Fsp3) is 0.643. The van der Waals surface area contributed by atoms with Gasteiger partial charge in [0.25, 0.3) is 5.91 Å². The minimum atomic E-state index is -0.0645. The van der Waals surface area contributed by atoms with Crippen molar-refractivity contribution in [3.05, 3.63) is 18.0 Å². The normalized spacial score (nSPS) is 11.9. The highest BCUT2D eigenvalue weighted by Crippen LogP contribution is 2.15. The molecule has 1 heterocycles. The van der Waals surface area contributed by atoms with Gasteiger partial charge in [0.15, 0.2) is 0 Å². The molecule has 0 fully saturated rings. The van der Waals surface area contributed by atoms with E-state index in [1.807, 2.05) is 25.6 Å². The van der Waals surface area contributed by atoms with Crippen molar-refractivity contribution in [1.29, 1.82) is 0 Å². The summed E-state index contributed by atoms with van der Waals surface area (Å²) in [6, 6.07) is 1.72. The van der Waals surface area contributed by atoms with Crippen molar-refractivity contribution in [2.75, 3.05) is 32.9 Å². The smallest absolute Gasteiger partial charge is 0.268 e. The largest absolute Gasteiger partial charge is 0.397 e. The van der Waals surface area contributed by atoms with Crippen LogP contribution in [0, 0.1) is 5.41 Å². The standard InChI is InChI=1S/C14H26N4O/c1-6-18-8-11(15)7-12(18)13(19)16-9-14(2,3)10-17(4)5/h7-8H,6,9-10,15H2,1-5H3,(H,16,19). The quantitative estimate of drug-likeness (QED) is 0.818. The number of rotatable bonds is 6. The Bertz CT molecular complexity index is 435. The molecule has 0 aliphatic heterocycles. The number of nitrogens with two attached hydrogens (primary N) is 1. The van der Waals surface area contributed by atoms with Gasteiger partial charge in [-0.3, -0.25) is 4.79 Å². The minimum Gasteiger partial charge on any atom is -0.397 e. The molecule has 0 radical (unpaired) electrons. The zero-order valence-corrected chi connectivity index (χ0v) is 12.7. The molecule has 19 heavy (non-hydrogen) atoms. The molecule has 5 heteroatoms. The first-order chi connectivity index (χ1) is 8.75. The average Bonchev–Trinajstić information content (AvgIpc) is 2.66. The number of carbonyl (C=O) groups excluding carboxylic acids is 1. The van der Waals surface area contributed by atoms with E-state index >= 15 is 0 Å². The van der Waals surface area contributed by atoms with Crippen LogP contribution in [-0.4, -0.2) is 42.6 Å². The van der Waals surface area contributed by atoms with Gasteiger partial charge < -0.3 is 20.5 Å². The lowest BCUT2D eigenvalue weighted by molar-refractivity contribution is 0.0920. The number of aromatic nitrogens is 1. The number of hydrogen-bond acceptors (Lipinski definition) is 3. The van der Waals surface area contributed by atoms with Crippen molar-refractivity contribution in [2.45, 2.75) is 27.3 Å². The predicted molar refractivity (Wildman–Crippen MR) is 79.2 cm³/mol. The molecule has 0 spiro atoms. The van der Waals surface area contributed by atoms with E-state index in [0.717, 1.165) is 13.1 Å². The molecule has 5 nitrogen and oxygen atoms in total. The molecule has 0 atom stereocenters. The lowest BCUT2D eigenvalue weighted by atomic mass is 9.93. The van der Waals surface area contributed by atoms with Crippen molar-refractivity contribution in [1.82, 2.24) is 14.8 Å². The summed E-state index contributed by atoms with van der Waals surface area (Å²) in [6.07, 6.45) is 1.79. The first-order valence-electron chi connectivity index (χ1n) is 6.64. The average molecular weight is 266 g/mol. The molecule has 0 bridgehead atoms. The van der Waals surface area contributed by atoms with Gasteiger partial charge in [-0.1, -0.05) is 13.8 Å². The molecule has 0 aliphatic rings. The Labute approximate surface area is 115 Å². The van der Waals surface area contributed by atoms with Crippen LogP contribution < -0.4 is 11.1 Å². The zero-order chi connectivity index (χ0) is 14.6. The van der Waals surface area contributed by atoms with Crippen LogP contribution in [0.4, 0.5) is 5.69 Å². The van der Waals surface area contributed by atoms with E-state index in [-0.39, 0.29) is 11.3 Å². The highest BCUT2D eigenvalue weighted by molar-refractivity contribution is 5.93. The summed E-state index contributed by atoms with van der Waals surface area (Å²) >= 11 is 0. The summed E-state index contributed by atoms with van der Waals surface area (Å²) in [4.78, 5) is 14.3.